The smallest absolute Gasteiger partial charge is 0.224 e. The molecule has 1 atom stereocenters. The molecule has 0 radical (unpaired) electrons. The second-order valence-electron chi connectivity index (χ2n) is 4.93. The number of piperidine rings is 1. The third kappa shape index (κ3) is 3.63. The van der Waals surface area contributed by atoms with Gasteiger partial charge in [0.15, 0.2) is 0 Å². The first kappa shape index (κ1) is 14.7. The van der Waals surface area contributed by atoms with Gasteiger partial charge in [-0.05, 0) is 31.5 Å². The van der Waals surface area contributed by atoms with Crippen LogP contribution < -0.4 is 20.1 Å². The number of rotatable bonds is 5. The van der Waals surface area contributed by atoms with Crippen molar-refractivity contribution in [1.82, 2.24) is 10.6 Å². The Balaban J connectivity index is 2.02. The normalized spacial score (nSPS) is 18.4. The van der Waals surface area contributed by atoms with Gasteiger partial charge in [-0.3, -0.25) is 4.79 Å². The zero-order valence-corrected chi connectivity index (χ0v) is 12.1. The Kier molecular flexibility index (Phi) is 5.24. The van der Waals surface area contributed by atoms with Crippen LogP contribution in [0.3, 0.4) is 0 Å². The fraction of sp³-hybridized carbons (Fsp3) is 0.533. The van der Waals surface area contributed by atoms with E-state index in [0.29, 0.717) is 11.5 Å². The van der Waals surface area contributed by atoms with E-state index in [1.165, 1.54) is 0 Å². The zero-order chi connectivity index (χ0) is 14.4. The lowest BCUT2D eigenvalue weighted by molar-refractivity contribution is -0.121. The maximum atomic E-state index is 12.2. The highest BCUT2D eigenvalue weighted by atomic mass is 16.5. The van der Waals surface area contributed by atoms with E-state index in [0.717, 1.165) is 31.5 Å². The van der Waals surface area contributed by atoms with Crippen LogP contribution in [0.5, 0.6) is 11.5 Å². The molecule has 0 bridgehead atoms. The second kappa shape index (κ2) is 7.14. The Hall–Kier alpha value is -1.75. The van der Waals surface area contributed by atoms with Crippen molar-refractivity contribution in [2.24, 2.45) is 0 Å². The summed E-state index contributed by atoms with van der Waals surface area (Å²) in [6.07, 6.45) is 2.40. The van der Waals surface area contributed by atoms with Gasteiger partial charge in [0.1, 0.15) is 11.5 Å². The summed E-state index contributed by atoms with van der Waals surface area (Å²) in [5.41, 5.74) is 0.791. The summed E-state index contributed by atoms with van der Waals surface area (Å²) in [7, 11) is 3.20. The molecular weight excluding hydrogens is 256 g/mol. The Morgan fingerprint density at radius 2 is 2.05 bits per heavy atom. The van der Waals surface area contributed by atoms with Gasteiger partial charge in [-0.25, -0.2) is 0 Å². The second-order valence-corrected chi connectivity index (χ2v) is 4.93. The molecule has 0 saturated carbocycles. The van der Waals surface area contributed by atoms with Crippen LogP contribution in [0, 0.1) is 0 Å². The van der Waals surface area contributed by atoms with Crippen LogP contribution in [0.1, 0.15) is 18.4 Å². The molecule has 0 aromatic heterocycles. The van der Waals surface area contributed by atoms with Crippen LogP contribution in [-0.2, 0) is 11.2 Å². The summed E-state index contributed by atoms with van der Waals surface area (Å²) in [4.78, 5) is 12.2. The fourth-order valence-corrected chi connectivity index (χ4v) is 2.52. The zero-order valence-electron chi connectivity index (χ0n) is 12.1. The molecule has 5 heteroatoms. The highest BCUT2D eigenvalue weighted by Crippen LogP contribution is 2.28. The van der Waals surface area contributed by atoms with Gasteiger partial charge in [0, 0.05) is 18.2 Å². The lowest BCUT2D eigenvalue weighted by atomic mass is 10.1. The van der Waals surface area contributed by atoms with Gasteiger partial charge in [0.05, 0.1) is 20.6 Å². The highest BCUT2D eigenvalue weighted by molar-refractivity contribution is 5.80. The number of nitrogens with one attached hydrogen (secondary N) is 2. The minimum Gasteiger partial charge on any atom is -0.496 e. The molecule has 110 valence electrons. The molecule has 0 spiro atoms. The summed E-state index contributed by atoms with van der Waals surface area (Å²) in [5, 5.41) is 6.34. The Morgan fingerprint density at radius 1 is 1.35 bits per heavy atom. The lowest BCUT2D eigenvalue weighted by Crippen LogP contribution is -2.46. The number of hydrogen-bond donors (Lipinski definition) is 2. The molecule has 1 aromatic rings. The monoisotopic (exact) mass is 278 g/mol. The largest absolute Gasteiger partial charge is 0.496 e. The predicted octanol–water partition coefficient (Wildman–Crippen LogP) is 1.11. The molecule has 1 aliphatic heterocycles. The standard InChI is InChI=1S/C15H22N2O3/c1-19-13-6-3-7-14(20-2)12(13)9-15(18)17-11-5-4-8-16-10-11/h3,6-7,11,16H,4-5,8-10H2,1-2H3,(H,17,18). The number of benzene rings is 1. The Labute approximate surface area is 119 Å². The van der Waals surface area contributed by atoms with Gasteiger partial charge in [0.2, 0.25) is 5.91 Å². The molecule has 1 unspecified atom stereocenters. The maximum Gasteiger partial charge on any atom is 0.224 e. The topological polar surface area (TPSA) is 59.6 Å². The molecule has 2 rings (SSSR count). The van der Waals surface area contributed by atoms with Crippen molar-refractivity contribution < 1.29 is 14.3 Å². The molecule has 1 fully saturated rings. The summed E-state index contributed by atoms with van der Waals surface area (Å²) in [6.45, 7) is 1.88. The van der Waals surface area contributed by atoms with Gasteiger partial charge in [-0.15, -0.1) is 0 Å². The molecule has 1 saturated heterocycles. The van der Waals surface area contributed by atoms with Crippen molar-refractivity contribution in [3.05, 3.63) is 23.8 Å². The van der Waals surface area contributed by atoms with Crippen LogP contribution >= 0.6 is 0 Å². The maximum absolute atomic E-state index is 12.2. The minimum atomic E-state index is 0.00139. The van der Waals surface area contributed by atoms with Crippen LogP contribution in [0.15, 0.2) is 18.2 Å². The van der Waals surface area contributed by atoms with E-state index in [1.54, 1.807) is 14.2 Å². The van der Waals surface area contributed by atoms with Gasteiger partial charge >= 0.3 is 0 Å². The van der Waals surface area contributed by atoms with E-state index in [1.807, 2.05) is 18.2 Å². The first-order valence-corrected chi connectivity index (χ1v) is 6.94. The van der Waals surface area contributed by atoms with Crippen molar-refractivity contribution in [3.63, 3.8) is 0 Å². The molecule has 2 N–H and O–H groups in total. The molecule has 20 heavy (non-hydrogen) atoms. The van der Waals surface area contributed by atoms with Crippen LogP contribution in [-0.4, -0.2) is 39.3 Å². The molecule has 1 aliphatic rings. The number of hydrogen-bond acceptors (Lipinski definition) is 4. The van der Waals surface area contributed by atoms with E-state index in [-0.39, 0.29) is 18.4 Å². The van der Waals surface area contributed by atoms with Gasteiger partial charge in [-0.1, -0.05) is 6.07 Å². The van der Waals surface area contributed by atoms with E-state index >= 15 is 0 Å². The summed E-state index contributed by atoms with van der Waals surface area (Å²) in [5.74, 6) is 1.36. The molecule has 1 heterocycles. The lowest BCUT2D eigenvalue weighted by Gasteiger charge is -2.24. The van der Waals surface area contributed by atoms with Crippen molar-refractivity contribution in [1.29, 1.82) is 0 Å². The SMILES string of the molecule is COc1cccc(OC)c1CC(=O)NC1CCCNC1. The van der Waals surface area contributed by atoms with E-state index < -0.39 is 0 Å². The number of amides is 1. The van der Waals surface area contributed by atoms with E-state index in [9.17, 15) is 4.79 Å². The molecule has 5 nitrogen and oxygen atoms in total. The van der Waals surface area contributed by atoms with Gasteiger partial charge in [0.25, 0.3) is 0 Å². The highest BCUT2D eigenvalue weighted by Gasteiger charge is 2.18. The van der Waals surface area contributed by atoms with Crippen LogP contribution in [0.4, 0.5) is 0 Å². The molecule has 0 aliphatic carbocycles. The van der Waals surface area contributed by atoms with Crippen molar-refractivity contribution in [2.45, 2.75) is 25.3 Å². The number of ether oxygens (including phenoxy) is 2. The van der Waals surface area contributed by atoms with E-state index in [4.69, 9.17) is 9.47 Å². The number of carbonyl (C=O) groups is 1. The average molecular weight is 278 g/mol. The third-order valence-electron chi connectivity index (χ3n) is 3.53. The fourth-order valence-electron chi connectivity index (χ4n) is 2.52. The van der Waals surface area contributed by atoms with Crippen LogP contribution in [0.25, 0.3) is 0 Å². The average Bonchev–Trinajstić information content (AvgIpc) is 2.48. The molecule has 1 aromatic carbocycles. The minimum absolute atomic E-state index is 0.00139. The first-order valence-electron chi connectivity index (χ1n) is 6.94. The van der Waals surface area contributed by atoms with Gasteiger partial charge in [-0.2, -0.15) is 0 Å². The number of methoxy groups -OCH3 is 2. The van der Waals surface area contributed by atoms with Crippen molar-refractivity contribution in [3.8, 4) is 11.5 Å². The summed E-state index contributed by atoms with van der Waals surface area (Å²) >= 11 is 0. The quantitative estimate of drug-likeness (QED) is 0.847. The Morgan fingerprint density at radius 3 is 2.60 bits per heavy atom. The summed E-state index contributed by atoms with van der Waals surface area (Å²) in [6, 6.07) is 5.75. The van der Waals surface area contributed by atoms with Gasteiger partial charge < -0.3 is 20.1 Å². The summed E-state index contributed by atoms with van der Waals surface area (Å²) < 4.78 is 10.6. The first-order chi connectivity index (χ1) is 9.74. The Bertz CT molecular complexity index is 434. The van der Waals surface area contributed by atoms with Crippen molar-refractivity contribution in [2.75, 3.05) is 27.3 Å². The molecular formula is C15H22N2O3. The molecule has 1 amide bonds. The third-order valence-corrected chi connectivity index (χ3v) is 3.53. The van der Waals surface area contributed by atoms with Crippen LogP contribution in [0.2, 0.25) is 0 Å². The van der Waals surface area contributed by atoms with E-state index in [2.05, 4.69) is 10.6 Å². The van der Waals surface area contributed by atoms with Crippen molar-refractivity contribution >= 4 is 5.91 Å². The predicted molar refractivity (Wildman–Crippen MR) is 77.3 cm³/mol. The number of carbonyl (C=O) groups excluding carboxylic acids is 1.